The molecule has 2 aliphatic rings. The van der Waals surface area contributed by atoms with Crippen LogP contribution in [0.2, 0.25) is 0 Å². The van der Waals surface area contributed by atoms with E-state index in [1.807, 2.05) is 6.92 Å². The third-order valence-electron chi connectivity index (χ3n) is 6.13. The van der Waals surface area contributed by atoms with Crippen molar-refractivity contribution in [1.29, 1.82) is 0 Å². The van der Waals surface area contributed by atoms with Crippen LogP contribution in [-0.4, -0.2) is 67.2 Å². The lowest BCUT2D eigenvalue weighted by Crippen LogP contribution is -2.54. The van der Waals surface area contributed by atoms with Crippen molar-refractivity contribution in [3.8, 4) is 0 Å². The number of sulfonamides is 1. The Morgan fingerprint density at radius 3 is 2.19 bits per heavy atom. The Bertz CT molecular complexity index is 1090. The van der Waals surface area contributed by atoms with Crippen LogP contribution in [0.15, 0.2) is 53.4 Å². The van der Waals surface area contributed by atoms with Gasteiger partial charge in [0.1, 0.15) is 6.04 Å². The quantitative estimate of drug-likeness (QED) is 0.503. The highest BCUT2D eigenvalue weighted by Gasteiger charge is 2.41. The van der Waals surface area contributed by atoms with Crippen LogP contribution in [-0.2, 0) is 14.8 Å². The predicted octanol–water partition coefficient (Wildman–Crippen LogP) is 2.41. The molecule has 9 nitrogen and oxygen atoms in total. The number of benzene rings is 2. The van der Waals surface area contributed by atoms with Crippen molar-refractivity contribution in [2.75, 3.05) is 37.6 Å². The van der Waals surface area contributed by atoms with E-state index >= 15 is 0 Å². The first-order chi connectivity index (χ1) is 15.3. The minimum absolute atomic E-state index is 0.0404. The monoisotopic (exact) mass is 458 g/mol. The minimum atomic E-state index is -3.73. The molecule has 2 aromatic carbocycles. The summed E-state index contributed by atoms with van der Waals surface area (Å²) in [4.78, 5) is 27.7. The zero-order valence-corrected chi connectivity index (χ0v) is 18.7. The molecule has 0 aliphatic carbocycles. The Hall–Kier alpha value is -2.98. The Balaban J connectivity index is 1.42. The van der Waals surface area contributed by atoms with Crippen molar-refractivity contribution in [3.63, 3.8) is 0 Å². The van der Waals surface area contributed by atoms with Crippen LogP contribution < -0.4 is 4.90 Å². The van der Waals surface area contributed by atoms with Gasteiger partial charge < -0.3 is 9.80 Å². The SMILES string of the molecule is Cc1ccc(S(=O)(=O)N2CCCC2C(=O)N2CCN(c3ccc([N+](=O)[O-])cc3)CC2)cc1. The zero-order chi connectivity index (χ0) is 22.9. The number of rotatable bonds is 5. The first-order valence-electron chi connectivity index (χ1n) is 10.6. The Morgan fingerprint density at radius 2 is 1.59 bits per heavy atom. The maximum absolute atomic E-state index is 13.2. The maximum Gasteiger partial charge on any atom is 0.269 e. The van der Waals surface area contributed by atoms with Gasteiger partial charge in [-0.25, -0.2) is 8.42 Å². The molecule has 0 N–H and O–H groups in total. The molecule has 2 aromatic rings. The molecule has 0 bridgehead atoms. The highest BCUT2D eigenvalue weighted by Crippen LogP contribution is 2.28. The molecule has 2 fully saturated rings. The number of nitro benzene ring substituents is 1. The number of aryl methyl sites for hydroxylation is 1. The lowest BCUT2D eigenvalue weighted by molar-refractivity contribution is -0.384. The summed E-state index contributed by atoms with van der Waals surface area (Å²) < 4.78 is 27.7. The topological polar surface area (TPSA) is 104 Å². The molecule has 10 heteroatoms. The Labute approximate surface area is 187 Å². The number of carbonyl (C=O) groups excluding carboxylic acids is 1. The third kappa shape index (κ3) is 4.33. The van der Waals surface area contributed by atoms with Crippen LogP contribution in [0.25, 0.3) is 0 Å². The zero-order valence-electron chi connectivity index (χ0n) is 17.9. The number of hydrogen-bond acceptors (Lipinski definition) is 6. The highest BCUT2D eigenvalue weighted by molar-refractivity contribution is 7.89. The van der Waals surface area contributed by atoms with Crippen LogP contribution in [0.1, 0.15) is 18.4 Å². The molecular weight excluding hydrogens is 432 g/mol. The molecule has 2 heterocycles. The van der Waals surface area contributed by atoms with Crippen molar-refractivity contribution >= 4 is 27.3 Å². The summed E-state index contributed by atoms with van der Waals surface area (Å²) >= 11 is 0. The van der Waals surface area contributed by atoms with Gasteiger partial charge in [0.25, 0.3) is 5.69 Å². The minimum Gasteiger partial charge on any atom is -0.368 e. The Kier molecular flexibility index (Phi) is 6.16. The maximum atomic E-state index is 13.2. The van der Waals surface area contributed by atoms with E-state index in [1.54, 1.807) is 41.3 Å². The van der Waals surface area contributed by atoms with E-state index in [-0.39, 0.29) is 16.5 Å². The standard InChI is InChI=1S/C22H26N4O5S/c1-17-4-10-20(11-5-17)32(30,31)25-12-2-3-21(25)22(27)24-15-13-23(14-16-24)18-6-8-19(9-7-18)26(28)29/h4-11,21H,2-3,12-16H2,1H3. The third-order valence-corrected chi connectivity index (χ3v) is 8.06. The van der Waals surface area contributed by atoms with Gasteiger partial charge in [0, 0.05) is 50.5 Å². The number of carbonyl (C=O) groups is 1. The van der Waals surface area contributed by atoms with Crippen LogP contribution in [0, 0.1) is 17.0 Å². The molecular formula is C22H26N4O5S. The van der Waals surface area contributed by atoms with Crippen LogP contribution in [0.4, 0.5) is 11.4 Å². The summed E-state index contributed by atoms with van der Waals surface area (Å²) in [5.74, 6) is -0.151. The van der Waals surface area contributed by atoms with Crippen molar-refractivity contribution in [2.24, 2.45) is 0 Å². The predicted molar refractivity (Wildman–Crippen MR) is 120 cm³/mol. The number of piperazine rings is 1. The molecule has 1 amide bonds. The first-order valence-corrected chi connectivity index (χ1v) is 12.1. The van der Waals surface area contributed by atoms with E-state index in [2.05, 4.69) is 4.90 Å². The van der Waals surface area contributed by atoms with Gasteiger partial charge in [-0.2, -0.15) is 4.31 Å². The summed E-state index contributed by atoms with van der Waals surface area (Å²) in [6.07, 6.45) is 1.18. The molecule has 0 aromatic heterocycles. The van der Waals surface area contributed by atoms with E-state index in [1.165, 1.54) is 16.4 Å². The normalized spacial score (nSPS) is 19.8. The number of amides is 1. The molecule has 1 unspecified atom stereocenters. The summed E-state index contributed by atoms with van der Waals surface area (Å²) in [5.41, 5.74) is 1.88. The summed E-state index contributed by atoms with van der Waals surface area (Å²) in [5, 5.41) is 10.8. The lowest BCUT2D eigenvalue weighted by Gasteiger charge is -2.38. The van der Waals surface area contributed by atoms with Crippen molar-refractivity contribution in [3.05, 3.63) is 64.2 Å². The average molecular weight is 459 g/mol. The van der Waals surface area contributed by atoms with E-state index in [9.17, 15) is 23.3 Å². The number of anilines is 1. The van der Waals surface area contributed by atoms with Gasteiger partial charge in [-0.05, 0) is 44.0 Å². The van der Waals surface area contributed by atoms with Gasteiger partial charge in [-0.3, -0.25) is 14.9 Å². The fraction of sp³-hybridized carbons (Fsp3) is 0.409. The molecule has 1 atom stereocenters. The molecule has 2 aliphatic heterocycles. The van der Waals surface area contributed by atoms with Crippen molar-refractivity contribution < 1.29 is 18.1 Å². The molecule has 2 saturated heterocycles. The van der Waals surface area contributed by atoms with Gasteiger partial charge in [0.05, 0.1) is 9.82 Å². The van der Waals surface area contributed by atoms with E-state index in [0.717, 1.165) is 11.3 Å². The largest absolute Gasteiger partial charge is 0.368 e. The summed E-state index contributed by atoms with van der Waals surface area (Å²) in [6, 6.07) is 12.4. The molecule has 0 saturated carbocycles. The number of nitro groups is 1. The fourth-order valence-corrected chi connectivity index (χ4v) is 5.95. The molecule has 4 rings (SSSR count). The molecule has 0 radical (unpaired) electrons. The second-order valence-electron chi connectivity index (χ2n) is 8.17. The van der Waals surface area contributed by atoms with E-state index < -0.39 is 21.0 Å². The van der Waals surface area contributed by atoms with Crippen LogP contribution in [0.3, 0.4) is 0 Å². The van der Waals surface area contributed by atoms with E-state index in [0.29, 0.717) is 45.6 Å². The first kappa shape index (κ1) is 22.2. The van der Waals surface area contributed by atoms with Gasteiger partial charge in [-0.1, -0.05) is 17.7 Å². The smallest absolute Gasteiger partial charge is 0.269 e. The number of hydrogen-bond donors (Lipinski definition) is 0. The van der Waals surface area contributed by atoms with Crippen LogP contribution >= 0.6 is 0 Å². The Morgan fingerprint density at radius 1 is 0.969 bits per heavy atom. The van der Waals surface area contributed by atoms with Gasteiger partial charge in [0.2, 0.25) is 15.9 Å². The molecule has 0 spiro atoms. The number of nitrogens with zero attached hydrogens (tertiary/aromatic N) is 4. The summed E-state index contributed by atoms with van der Waals surface area (Å²) in [6.45, 7) is 4.36. The second-order valence-corrected chi connectivity index (χ2v) is 10.1. The van der Waals surface area contributed by atoms with Gasteiger partial charge in [0.15, 0.2) is 0 Å². The fourth-order valence-electron chi connectivity index (χ4n) is 4.30. The van der Waals surface area contributed by atoms with Crippen molar-refractivity contribution in [2.45, 2.75) is 30.7 Å². The average Bonchev–Trinajstić information content (AvgIpc) is 3.30. The van der Waals surface area contributed by atoms with Gasteiger partial charge >= 0.3 is 0 Å². The molecule has 32 heavy (non-hydrogen) atoms. The lowest BCUT2D eigenvalue weighted by atomic mass is 10.1. The van der Waals surface area contributed by atoms with Crippen molar-refractivity contribution in [1.82, 2.24) is 9.21 Å². The van der Waals surface area contributed by atoms with Gasteiger partial charge in [-0.15, -0.1) is 0 Å². The van der Waals surface area contributed by atoms with Crippen LogP contribution in [0.5, 0.6) is 0 Å². The second kappa shape index (κ2) is 8.87. The highest BCUT2D eigenvalue weighted by atomic mass is 32.2. The van der Waals surface area contributed by atoms with E-state index in [4.69, 9.17) is 0 Å². The summed E-state index contributed by atoms with van der Waals surface area (Å²) in [7, 11) is -3.73. The number of non-ortho nitro benzene ring substituents is 1. The molecule has 170 valence electrons.